The van der Waals surface area contributed by atoms with E-state index in [1.54, 1.807) is 0 Å². The molecule has 0 fully saturated rings. The number of hydrogen-bond acceptors (Lipinski definition) is 3. The Morgan fingerprint density at radius 3 is 2.33 bits per heavy atom. The maximum Gasteiger partial charge on any atom is 0.451 e. The van der Waals surface area contributed by atoms with Gasteiger partial charge in [0.15, 0.2) is 0 Å². The van der Waals surface area contributed by atoms with Crippen LogP contribution in [0.4, 0.5) is 26.3 Å². The fourth-order valence-electron chi connectivity index (χ4n) is 2.15. The molecule has 0 unspecified atom stereocenters. The number of carboxylic acids is 1. The number of carbonyl (C=O) groups is 1. The molecule has 1 N–H and O–H groups in total. The van der Waals surface area contributed by atoms with Crippen LogP contribution in [-0.2, 0) is 18.9 Å². The number of hydrogen-bond donors (Lipinski definition) is 1. The van der Waals surface area contributed by atoms with Gasteiger partial charge in [-0.05, 0) is 24.6 Å². The van der Waals surface area contributed by atoms with Gasteiger partial charge in [0.2, 0.25) is 5.82 Å². The molecule has 0 amide bonds. The van der Waals surface area contributed by atoms with Crippen LogP contribution in [0.2, 0.25) is 0 Å². The summed E-state index contributed by atoms with van der Waals surface area (Å²) in [5, 5.41) is 9.09. The summed E-state index contributed by atoms with van der Waals surface area (Å²) in [6.07, 6.45) is -9.00. The topological polar surface area (TPSA) is 68.0 Å². The normalized spacial score (nSPS) is 12.5. The average Bonchev–Trinajstić information content (AvgIpc) is 2.75. The van der Waals surface area contributed by atoms with E-state index in [4.69, 9.17) is 5.11 Å². The van der Waals surface area contributed by atoms with E-state index in [-0.39, 0.29) is 5.56 Å². The molecule has 0 radical (unpaired) electrons. The standard InChI is InChI=1S/C13H9F6N3O2/c1-6-4-8(12(14,15)16)22(9(6)10(23)24)5-7-2-3-20-11(21-7)13(17,18)19/h2-4H,5H2,1H3,(H,23,24). The maximum atomic E-state index is 13.0. The molecule has 24 heavy (non-hydrogen) atoms. The van der Waals surface area contributed by atoms with Gasteiger partial charge < -0.3 is 9.67 Å². The number of carboxylic acid groups (broad SMARTS) is 1. The van der Waals surface area contributed by atoms with Crippen molar-refractivity contribution in [1.29, 1.82) is 0 Å². The Balaban J connectivity index is 2.55. The fraction of sp³-hybridized carbons (Fsp3) is 0.308. The number of aromatic nitrogens is 3. The lowest BCUT2D eigenvalue weighted by atomic mass is 10.2. The summed E-state index contributed by atoms with van der Waals surface area (Å²) < 4.78 is 77.3. The Hall–Kier alpha value is -2.59. The SMILES string of the molecule is Cc1cc(C(F)(F)F)n(Cc2ccnc(C(F)(F)F)n2)c1C(=O)O. The minimum atomic E-state index is -4.88. The first-order valence-electron chi connectivity index (χ1n) is 6.31. The molecule has 0 atom stereocenters. The van der Waals surface area contributed by atoms with Gasteiger partial charge in [0.25, 0.3) is 0 Å². The monoisotopic (exact) mass is 353 g/mol. The van der Waals surface area contributed by atoms with Gasteiger partial charge in [-0.15, -0.1) is 0 Å². The molecule has 0 aromatic carbocycles. The van der Waals surface area contributed by atoms with Crippen molar-refractivity contribution >= 4 is 5.97 Å². The van der Waals surface area contributed by atoms with Gasteiger partial charge in [0, 0.05) is 6.20 Å². The van der Waals surface area contributed by atoms with Crippen LogP contribution < -0.4 is 0 Å². The summed E-state index contributed by atoms with van der Waals surface area (Å²) in [6.45, 7) is 0.367. The molecular weight excluding hydrogens is 344 g/mol. The van der Waals surface area contributed by atoms with Crippen LogP contribution in [0.25, 0.3) is 0 Å². The summed E-state index contributed by atoms with van der Waals surface area (Å²) in [4.78, 5) is 17.4. The van der Waals surface area contributed by atoms with Crippen molar-refractivity contribution in [3.63, 3.8) is 0 Å². The predicted molar refractivity (Wildman–Crippen MR) is 67.3 cm³/mol. The van der Waals surface area contributed by atoms with Gasteiger partial charge in [-0.3, -0.25) is 0 Å². The van der Waals surface area contributed by atoms with Gasteiger partial charge >= 0.3 is 18.3 Å². The highest BCUT2D eigenvalue weighted by molar-refractivity contribution is 5.88. The van der Waals surface area contributed by atoms with Gasteiger partial charge in [-0.2, -0.15) is 26.3 Å². The van der Waals surface area contributed by atoms with Crippen LogP contribution in [0.3, 0.4) is 0 Å². The Kier molecular flexibility index (Phi) is 4.29. The van der Waals surface area contributed by atoms with E-state index in [2.05, 4.69) is 9.97 Å². The third-order valence-corrected chi connectivity index (χ3v) is 3.07. The Bertz CT molecular complexity index is 779. The Morgan fingerprint density at radius 2 is 1.83 bits per heavy atom. The molecule has 11 heteroatoms. The number of nitrogens with zero attached hydrogens (tertiary/aromatic N) is 3. The number of aromatic carboxylic acids is 1. The Morgan fingerprint density at radius 1 is 1.21 bits per heavy atom. The lowest BCUT2D eigenvalue weighted by Gasteiger charge is -2.14. The molecule has 5 nitrogen and oxygen atoms in total. The van der Waals surface area contributed by atoms with E-state index in [9.17, 15) is 31.1 Å². The van der Waals surface area contributed by atoms with Gasteiger partial charge in [-0.1, -0.05) is 0 Å². The lowest BCUT2D eigenvalue weighted by molar-refractivity contribution is -0.146. The zero-order chi connectivity index (χ0) is 18.3. The molecule has 2 rings (SSSR count). The van der Waals surface area contributed by atoms with Crippen LogP contribution >= 0.6 is 0 Å². The van der Waals surface area contributed by atoms with Crippen LogP contribution in [0, 0.1) is 6.92 Å². The molecule has 0 saturated carbocycles. The zero-order valence-corrected chi connectivity index (χ0v) is 11.9. The molecule has 130 valence electrons. The van der Waals surface area contributed by atoms with E-state index in [0.717, 1.165) is 19.2 Å². The quantitative estimate of drug-likeness (QED) is 0.859. The van der Waals surface area contributed by atoms with Gasteiger partial charge in [0.05, 0.1) is 12.2 Å². The van der Waals surface area contributed by atoms with Crippen LogP contribution in [0.5, 0.6) is 0 Å². The lowest BCUT2D eigenvalue weighted by Crippen LogP contribution is -2.20. The van der Waals surface area contributed by atoms with Crippen molar-refractivity contribution in [2.75, 3.05) is 0 Å². The summed E-state index contributed by atoms with van der Waals surface area (Å²) in [7, 11) is 0. The van der Waals surface area contributed by atoms with Crippen molar-refractivity contribution in [2.45, 2.75) is 25.8 Å². The first-order chi connectivity index (χ1) is 10.9. The zero-order valence-electron chi connectivity index (χ0n) is 11.9. The molecule has 0 bridgehead atoms. The summed E-state index contributed by atoms with van der Waals surface area (Å²) in [5.41, 5.74) is -2.53. The summed E-state index contributed by atoms with van der Waals surface area (Å²) in [5.74, 6) is -3.15. The van der Waals surface area contributed by atoms with Crippen LogP contribution in [0.15, 0.2) is 18.3 Å². The predicted octanol–water partition coefficient (Wildman–Crippen LogP) is 3.37. The molecule has 2 aromatic heterocycles. The summed E-state index contributed by atoms with van der Waals surface area (Å²) >= 11 is 0. The maximum absolute atomic E-state index is 13.0. The fourth-order valence-corrected chi connectivity index (χ4v) is 2.15. The second-order valence-corrected chi connectivity index (χ2v) is 4.82. The van der Waals surface area contributed by atoms with Crippen LogP contribution in [-0.4, -0.2) is 25.6 Å². The molecule has 2 heterocycles. The smallest absolute Gasteiger partial charge is 0.451 e. The van der Waals surface area contributed by atoms with Gasteiger partial charge in [-0.25, -0.2) is 14.8 Å². The molecule has 0 saturated heterocycles. The number of rotatable bonds is 3. The van der Waals surface area contributed by atoms with Crippen molar-refractivity contribution in [2.24, 2.45) is 0 Å². The number of alkyl halides is 6. The molecule has 0 aliphatic heterocycles. The van der Waals surface area contributed by atoms with Crippen molar-refractivity contribution < 1.29 is 36.2 Å². The van der Waals surface area contributed by atoms with E-state index in [1.165, 1.54) is 0 Å². The highest BCUT2D eigenvalue weighted by Crippen LogP contribution is 2.33. The third kappa shape index (κ3) is 3.49. The van der Waals surface area contributed by atoms with Crippen molar-refractivity contribution in [3.8, 4) is 0 Å². The molecule has 0 aliphatic rings. The largest absolute Gasteiger partial charge is 0.477 e. The minimum Gasteiger partial charge on any atom is -0.477 e. The van der Waals surface area contributed by atoms with E-state index >= 15 is 0 Å². The highest BCUT2D eigenvalue weighted by atomic mass is 19.4. The number of aryl methyl sites for hydroxylation is 1. The van der Waals surface area contributed by atoms with Crippen molar-refractivity contribution in [3.05, 3.63) is 46.8 Å². The average molecular weight is 353 g/mol. The second kappa shape index (κ2) is 5.80. The van der Waals surface area contributed by atoms with Gasteiger partial charge in [0.1, 0.15) is 11.4 Å². The molecular formula is C13H9F6N3O2. The molecule has 2 aromatic rings. The third-order valence-electron chi connectivity index (χ3n) is 3.07. The second-order valence-electron chi connectivity index (χ2n) is 4.82. The first-order valence-corrected chi connectivity index (χ1v) is 6.31. The van der Waals surface area contributed by atoms with E-state index in [0.29, 0.717) is 10.6 Å². The minimum absolute atomic E-state index is 0.167. The molecule has 0 spiro atoms. The summed E-state index contributed by atoms with van der Waals surface area (Å²) in [6, 6.07) is 1.60. The van der Waals surface area contributed by atoms with Crippen LogP contribution in [0.1, 0.15) is 33.3 Å². The molecule has 0 aliphatic carbocycles. The highest BCUT2D eigenvalue weighted by Gasteiger charge is 2.38. The van der Waals surface area contributed by atoms with Crippen molar-refractivity contribution in [1.82, 2.24) is 14.5 Å². The first kappa shape index (κ1) is 17.8. The van der Waals surface area contributed by atoms with E-state index < -0.39 is 47.8 Å². The Labute approximate surface area is 130 Å². The number of halogens is 6. The van der Waals surface area contributed by atoms with E-state index in [1.807, 2.05) is 0 Å².